The Hall–Kier alpha value is -2.27. The molecule has 1 spiro atoms. The van der Waals surface area contributed by atoms with Crippen molar-refractivity contribution in [3.05, 3.63) is 46.2 Å². The van der Waals surface area contributed by atoms with E-state index in [9.17, 15) is 4.79 Å². The number of benzene rings is 1. The smallest absolute Gasteiger partial charge is 0.262 e. The standard InChI is InChI=1S/C27H31ClFN5O3S/c1-18-12-26(16-37-18)4-8-33(9-5-26)21-13-31-22(14-30-21)38-20-3-2-19-23(24(20)28)25(35)34(17-32-19)15-27(29)6-10-36-11-7-27/h2-3,13-14,17-18H,4-12,15-16H2,1H3/t18-/m0/s1. The Kier molecular flexibility index (Phi) is 7.09. The molecule has 0 aliphatic carbocycles. The first-order chi connectivity index (χ1) is 18.3. The average molecular weight is 560 g/mol. The molecule has 2 aromatic heterocycles. The van der Waals surface area contributed by atoms with E-state index in [1.54, 1.807) is 18.5 Å². The normalized spacial score (nSPS) is 22.8. The highest BCUT2D eigenvalue weighted by Crippen LogP contribution is 2.42. The molecule has 0 unspecified atom stereocenters. The van der Waals surface area contributed by atoms with Gasteiger partial charge in [-0.15, -0.1) is 0 Å². The third kappa shape index (κ3) is 5.15. The van der Waals surface area contributed by atoms with E-state index in [1.807, 2.05) is 6.07 Å². The lowest BCUT2D eigenvalue weighted by Gasteiger charge is -2.38. The van der Waals surface area contributed by atoms with E-state index >= 15 is 4.39 Å². The van der Waals surface area contributed by atoms with Gasteiger partial charge in [0.15, 0.2) is 0 Å². The second-order valence-corrected chi connectivity index (χ2v) is 12.3. The lowest BCUT2D eigenvalue weighted by molar-refractivity contribution is -0.0182. The molecule has 11 heteroatoms. The van der Waals surface area contributed by atoms with Crippen LogP contribution in [-0.2, 0) is 16.0 Å². The van der Waals surface area contributed by atoms with Crippen LogP contribution in [0.2, 0.25) is 5.02 Å². The highest BCUT2D eigenvalue weighted by molar-refractivity contribution is 7.99. The van der Waals surface area contributed by atoms with Gasteiger partial charge in [-0.3, -0.25) is 9.36 Å². The van der Waals surface area contributed by atoms with Gasteiger partial charge in [0.25, 0.3) is 5.56 Å². The van der Waals surface area contributed by atoms with Gasteiger partial charge in [0.05, 0.1) is 53.9 Å². The molecule has 3 aromatic rings. The minimum Gasteiger partial charge on any atom is -0.381 e. The first-order valence-corrected chi connectivity index (χ1v) is 14.3. The Labute approximate surface area is 229 Å². The molecule has 0 bridgehead atoms. The van der Waals surface area contributed by atoms with E-state index in [-0.39, 0.29) is 30.3 Å². The van der Waals surface area contributed by atoms with Gasteiger partial charge in [0, 0.05) is 44.0 Å². The van der Waals surface area contributed by atoms with E-state index < -0.39 is 5.67 Å². The molecule has 6 rings (SSSR count). The second-order valence-electron chi connectivity index (χ2n) is 10.8. The van der Waals surface area contributed by atoms with Gasteiger partial charge in [-0.2, -0.15) is 0 Å². The van der Waals surface area contributed by atoms with Crippen LogP contribution in [0.4, 0.5) is 10.2 Å². The van der Waals surface area contributed by atoms with Crippen LogP contribution in [0.5, 0.6) is 0 Å². The summed E-state index contributed by atoms with van der Waals surface area (Å²) in [7, 11) is 0. The van der Waals surface area contributed by atoms with Gasteiger partial charge in [0.1, 0.15) is 16.5 Å². The van der Waals surface area contributed by atoms with Crippen LogP contribution in [0.25, 0.3) is 10.9 Å². The van der Waals surface area contributed by atoms with Crippen molar-refractivity contribution in [3.8, 4) is 0 Å². The largest absolute Gasteiger partial charge is 0.381 e. The van der Waals surface area contributed by atoms with Gasteiger partial charge in [0.2, 0.25) is 0 Å². The van der Waals surface area contributed by atoms with Gasteiger partial charge in [-0.05, 0) is 43.7 Å². The Bertz CT molecular complexity index is 1370. The zero-order valence-electron chi connectivity index (χ0n) is 21.4. The van der Waals surface area contributed by atoms with Crippen molar-refractivity contribution in [1.29, 1.82) is 0 Å². The van der Waals surface area contributed by atoms with Crippen LogP contribution in [0.3, 0.4) is 0 Å². The number of ether oxygens (including phenoxy) is 2. The summed E-state index contributed by atoms with van der Waals surface area (Å²) in [6, 6.07) is 3.58. The van der Waals surface area contributed by atoms with Crippen LogP contribution < -0.4 is 10.5 Å². The lowest BCUT2D eigenvalue weighted by atomic mass is 9.77. The monoisotopic (exact) mass is 559 g/mol. The fourth-order valence-electron chi connectivity index (χ4n) is 5.82. The number of piperidine rings is 1. The third-order valence-electron chi connectivity index (χ3n) is 8.11. The molecule has 0 radical (unpaired) electrons. The number of halogens is 2. The van der Waals surface area contributed by atoms with Crippen molar-refractivity contribution in [1.82, 2.24) is 19.5 Å². The van der Waals surface area contributed by atoms with Gasteiger partial charge >= 0.3 is 0 Å². The number of hydrogen-bond acceptors (Lipinski definition) is 8. The van der Waals surface area contributed by atoms with Gasteiger partial charge < -0.3 is 14.4 Å². The number of rotatable bonds is 5. The Morgan fingerprint density at radius 3 is 2.61 bits per heavy atom. The maximum absolute atomic E-state index is 15.2. The number of hydrogen-bond donors (Lipinski definition) is 0. The van der Waals surface area contributed by atoms with Crippen LogP contribution in [0.15, 0.2) is 45.6 Å². The summed E-state index contributed by atoms with van der Waals surface area (Å²) in [4.78, 5) is 29.9. The molecule has 1 atom stereocenters. The summed E-state index contributed by atoms with van der Waals surface area (Å²) in [6.07, 6.45) is 9.14. The number of aromatic nitrogens is 4. The lowest BCUT2D eigenvalue weighted by Crippen LogP contribution is -2.41. The zero-order chi connectivity index (χ0) is 26.3. The van der Waals surface area contributed by atoms with Gasteiger partial charge in [-0.25, -0.2) is 19.3 Å². The molecule has 1 aromatic carbocycles. The third-order valence-corrected chi connectivity index (χ3v) is 9.59. The molecule has 0 amide bonds. The van der Waals surface area contributed by atoms with Crippen molar-refractivity contribution in [2.45, 2.75) is 67.3 Å². The SMILES string of the molecule is C[C@H]1CC2(CCN(c3cnc(Sc4ccc5ncn(CC6(F)CCOCC6)c(=O)c5c4Cl)cn3)CC2)CO1. The van der Waals surface area contributed by atoms with Gasteiger partial charge in [-0.1, -0.05) is 23.4 Å². The summed E-state index contributed by atoms with van der Waals surface area (Å²) >= 11 is 8.06. The average Bonchev–Trinajstić information content (AvgIpc) is 3.28. The predicted octanol–water partition coefficient (Wildman–Crippen LogP) is 4.91. The zero-order valence-corrected chi connectivity index (χ0v) is 22.9. The Morgan fingerprint density at radius 2 is 1.92 bits per heavy atom. The molecule has 3 fully saturated rings. The fraction of sp³-hybridized carbons (Fsp3) is 0.556. The summed E-state index contributed by atoms with van der Waals surface area (Å²) in [5.74, 6) is 0.862. The van der Waals surface area contributed by atoms with Crippen LogP contribution >= 0.6 is 23.4 Å². The summed E-state index contributed by atoms with van der Waals surface area (Å²) in [6.45, 7) is 5.53. The molecule has 3 aliphatic heterocycles. The van der Waals surface area contributed by atoms with E-state index in [2.05, 4.69) is 26.8 Å². The summed E-state index contributed by atoms with van der Waals surface area (Å²) < 4.78 is 27.7. The van der Waals surface area contributed by atoms with Crippen molar-refractivity contribution >= 4 is 40.1 Å². The minimum atomic E-state index is -1.49. The fourth-order valence-corrected chi connectivity index (χ4v) is 6.94. The molecule has 5 heterocycles. The highest BCUT2D eigenvalue weighted by Gasteiger charge is 2.41. The van der Waals surface area contributed by atoms with Crippen LogP contribution in [0.1, 0.15) is 39.0 Å². The molecule has 8 nitrogen and oxygen atoms in total. The molecule has 0 saturated carbocycles. The first kappa shape index (κ1) is 26.0. The van der Waals surface area contributed by atoms with E-state index in [0.717, 1.165) is 44.8 Å². The molecule has 0 N–H and O–H groups in total. The Morgan fingerprint density at radius 1 is 1.13 bits per heavy atom. The number of anilines is 1. The summed E-state index contributed by atoms with van der Waals surface area (Å²) in [5.41, 5.74) is -1.05. The number of alkyl halides is 1. The summed E-state index contributed by atoms with van der Waals surface area (Å²) in [5, 5.41) is 1.25. The first-order valence-electron chi connectivity index (χ1n) is 13.1. The van der Waals surface area contributed by atoms with E-state index in [1.165, 1.54) is 22.7 Å². The number of nitrogens with zero attached hydrogens (tertiary/aromatic N) is 5. The van der Waals surface area contributed by atoms with E-state index in [4.69, 9.17) is 21.1 Å². The molecule has 3 saturated heterocycles. The minimum absolute atomic E-state index is 0.0670. The van der Waals surface area contributed by atoms with Crippen LogP contribution in [-0.4, -0.2) is 64.2 Å². The topological polar surface area (TPSA) is 82.4 Å². The highest BCUT2D eigenvalue weighted by atomic mass is 35.5. The van der Waals surface area contributed by atoms with Crippen molar-refractivity contribution in [2.24, 2.45) is 5.41 Å². The molecule has 3 aliphatic rings. The molecular weight excluding hydrogens is 529 g/mol. The number of fused-ring (bicyclic) bond motifs is 1. The second kappa shape index (κ2) is 10.4. The van der Waals surface area contributed by atoms with Crippen molar-refractivity contribution < 1.29 is 13.9 Å². The molecular formula is C27H31ClFN5O3S. The maximum Gasteiger partial charge on any atom is 0.262 e. The molecule has 38 heavy (non-hydrogen) atoms. The molecule has 202 valence electrons. The van der Waals surface area contributed by atoms with Crippen molar-refractivity contribution in [3.63, 3.8) is 0 Å². The quantitative estimate of drug-likeness (QED) is 0.436. The van der Waals surface area contributed by atoms with E-state index in [0.29, 0.717) is 45.2 Å². The predicted molar refractivity (Wildman–Crippen MR) is 145 cm³/mol. The Balaban J connectivity index is 1.17. The van der Waals surface area contributed by atoms with Crippen molar-refractivity contribution in [2.75, 3.05) is 37.8 Å². The van der Waals surface area contributed by atoms with Crippen LogP contribution in [0, 0.1) is 5.41 Å². The maximum atomic E-state index is 15.2.